The fourth-order valence-electron chi connectivity index (χ4n) is 1.85. The lowest BCUT2D eigenvalue weighted by atomic mass is 10.3. The molecule has 0 aliphatic rings. The molecule has 0 aliphatic heterocycles. The van der Waals surface area contributed by atoms with Crippen LogP contribution in [0.4, 0.5) is 14.6 Å². The first-order chi connectivity index (χ1) is 9.63. The Labute approximate surface area is 118 Å². The van der Waals surface area contributed by atoms with E-state index < -0.39 is 11.6 Å². The molecule has 1 aromatic carbocycles. The predicted octanol–water partition coefficient (Wildman–Crippen LogP) is 3.89. The van der Waals surface area contributed by atoms with Crippen molar-refractivity contribution in [2.45, 2.75) is 13.5 Å². The van der Waals surface area contributed by atoms with Gasteiger partial charge in [0.15, 0.2) is 11.6 Å². The Morgan fingerprint density at radius 1 is 1.20 bits per heavy atom. The molecule has 0 atom stereocenters. The lowest BCUT2D eigenvalue weighted by Crippen LogP contribution is -2.02. The van der Waals surface area contributed by atoms with Gasteiger partial charge >= 0.3 is 0 Å². The average Bonchev–Trinajstić information content (AvgIpc) is 2.83. The van der Waals surface area contributed by atoms with Crippen LogP contribution < -0.4 is 5.32 Å². The molecule has 0 unspecified atom stereocenters. The molecular weight excluding hydrogens is 280 g/mol. The molecular formula is C14H11F2N3S. The minimum Gasteiger partial charge on any atom is -0.364 e. The number of aromatic nitrogens is 2. The van der Waals surface area contributed by atoms with Crippen molar-refractivity contribution in [2.24, 2.45) is 0 Å². The van der Waals surface area contributed by atoms with Gasteiger partial charge in [-0.25, -0.2) is 13.8 Å². The standard InChI is InChI=1S/C14H11F2N3S/c1-8-2-3-20-13(8)6-18-14-7-17-11-4-9(15)10(16)5-12(11)19-14/h2-5,7H,6H2,1H3,(H,18,19). The zero-order chi connectivity index (χ0) is 14.1. The lowest BCUT2D eigenvalue weighted by Gasteiger charge is -2.06. The summed E-state index contributed by atoms with van der Waals surface area (Å²) in [5.41, 5.74) is 1.88. The molecule has 2 aromatic heterocycles. The SMILES string of the molecule is Cc1ccsc1CNc1cnc2cc(F)c(F)cc2n1. The van der Waals surface area contributed by atoms with Crippen LogP contribution in [-0.2, 0) is 6.54 Å². The number of halogens is 2. The van der Waals surface area contributed by atoms with Crippen molar-refractivity contribution in [3.05, 3.63) is 51.9 Å². The molecule has 3 aromatic rings. The van der Waals surface area contributed by atoms with Crippen LogP contribution in [0.15, 0.2) is 29.8 Å². The van der Waals surface area contributed by atoms with Crippen LogP contribution in [0.5, 0.6) is 0 Å². The third kappa shape index (κ3) is 2.46. The number of nitrogens with zero attached hydrogens (tertiary/aromatic N) is 2. The molecule has 6 heteroatoms. The Hall–Kier alpha value is -2.08. The number of benzene rings is 1. The second-order valence-electron chi connectivity index (χ2n) is 4.39. The van der Waals surface area contributed by atoms with Crippen LogP contribution in [0.25, 0.3) is 11.0 Å². The number of aryl methyl sites for hydroxylation is 1. The van der Waals surface area contributed by atoms with E-state index in [9.17, 15) is 8.78 Å². The molecule has 3 nitrogen and oxygen atoms in total. The van der Waals surface area contributed by atoms with Crippen LogP contribution in [0, 0.1) is 18.6 Å². The highest BCUT2D eigenvalue weighted by molar-refractivity contribution is 7.10. The second-order valence-corrected chi connectivity index (χ2v) is 5.39. The van der Waals surface area contributed by atoms with E-state index in [-0.39, 0.29) is 0 Å². The summed E-state index contributed by atoms with van der Waals surface area (Å²) in [7, 11) is 0. The Kier molecular flexibility index (Phi) is 3.31. The van der Waals surface area contributed by atoms with E-state index in [1.54, 1.807) is 11.3 Å². The summed E-state index contributed by atoms with van der Waals surface area (Å²) in [4.78, 5) is 9.51. The molecule has 0 spiro atoms. The van der Waals surface area contributed by atoms with Crippen molar-refractivity contribution in [1.82, 2.24) is 9.97 Å². The predicted molar refractivity (Wildman–Crippen MR) is 75.8 cm³/mol. The maximum absolute atomic E-state index is 13.2. The highest BCUT2D eigenvalue weighted by Crippen LogP contribution is 2.19. The molecule has 0 bridgehead atoms. The van der Waals surface area contributed by atoms with Gasteiger partial charge in [-0.05, 0) is 23.9 Å². The van der Waals surface area contributed by atoms with E-state index in [0.29, 0.717) is 23.4 Å². The number of rotatable bonds is 3. The largest absolute Gasteiger partial charge is 0.364 e. The fourth-order valence-corrected chi connectivity index (χ4v) is 2.70. The second kappa shape index (κ2) is 5.13. The molecule has 3 rings (SSSR count). The van der Waals surface area contributed by atoms with E-state index in [1.807, 2.05) is 18.4 Å². The van der Waals surface area contributed by atoms with Gasteiger partial charge in [-0.2, -0.15) is 0 Å². The summed E-state index contributed by atoms with van der Waals surface area (Å²) in [6, 6.07) is 4.15. The maximum Gasteiger partial charge on any atom is 0.161 e. The normalized spacial score (nSPS) is 10.9. The van der Waals surface area contributed by atoms with Gasteiger partial charge in [-0.3, -0.25) is 4.98 Å². The lowest BCUT2D eigenvalue weighted by molar-refractivity contribution is 0.510. The van der Waals surface area contributed by atoms with E-state index in [1.165, 1.54) is 16.6 Å². The molecule has 0 saturated carbocycles. The number of nitrogens with one attached hydrogen (secondary N) is 1. The topological polar surface area (TPSA) is 37.8 Å². The van der Waals surface area contributed by atoms with Crippen molar-refractivity contribution >= 4 is 28.2 Å². The molecule has 0 radical (unpaired) electrons. The molecule has 0 fully saturated rings. The third-order valence-corrected chi connectivity index (χ3v) is 4.01. The number of hydrogen-bond donors (Lipinski definition) is 1. The van der Waals surface area contributed by atoms with Gasteiger partial charge in [0.2, 0.25) is 0 Å². The first kappa shape index (κ1) is 12.9. The third-order valence-electron chi connectivity index (χ3n) is 2.98. The summed E-state index contributed by atoms with van der Waals surface area (Å²) in [5, 5.41) is 5.16. The van der Waals surface area contributed by atoms with Gasteiger partial charge in [0.1, 0.15) is 5.82 Å². The fraction of sp³-hybridized carbons (Fsp3) is 0.143. The van der Waals surface area contributed by atoms with Crippen LogP contribution >= 0.6 is 11.3 Å². The van der Waals surface area contributed by atoms with E-state index in [4.69, 9.17) is 0 Å². The summed E-state index contributed by atoms with van der Waals surface area (Å²) < 4.78 is 26.3. The van der Waals surface area contributed by atoms with Gasteiger partial charge in [-0.15, -0.1) is 11.3 Å². The van der Waals surface area contributed by atoms with Gasteiger partial charge in [0.05, 0.1) is 23.8 Å². The first-order valence-electron chi connectivity index (χ1n) is 6.02. The molecule has 1 N–H and O–H groups in total. The average molecular weight is 291 g/mol. The summed E-state index contributed by atoms with van der Waals surface area (Å²) in [6.45, 7) is 2.67. The highest BCUT2D eigenvalue weighted by Gasteiger charge is 2.07. The van der Waals surface area contributed by atoms with Crippen LogP contribution in [0.3, 0.4) is 0 Å². The van der Waals surface area contributed by atoms with Gasteiger partial charge < -0.3 is 5.32 Å². The van der Waals surface area contributed by atoms with Crippen molar-refractivity contribution < 1.29 is 8.78 Å². The monoisotopic (exact) mass is 291 g/mol. The van der Waals surface area contributed by atoms with Gasteiger partial charge in [-0.1, -0.05) is 0 Å². The van der Waals surface area contributed by atoms with E-state index in [2.05, 4.69) is 15.3 Å². The maximum atomic E-state index is 13.2. The van der Waals surface area contributed by atoms with Crippen LogP contribution in [-0.4, -0.2) is 9.97 Å². The minimum absolute atomic E-state index is 0.330. The molecule has 0 aliphatic carbocycles. The van der Waals surface area contributed by atoms with Crippen LogP contribution in [0.1, 0.15) is 10.4 Å². The number of anilines is 1. The van der Waals surface area contributed by atoms with Crippen LogP contribution in [0.2, 0.25) is 0 Å². The zero-order valence-electron chi connectivity index (χ0n) is 10.7. The Bertz CT molecular complexity index is 770. The smallest absolute Gasteiger partial charge is 0.161 e. The zero-order valence-corrected chi connectivity index (χ0v) is 11.5. The summed E-state index contributed by atoms with van der Waals surface area (Å²) in [6.07, 6.45) is 1.52. The quantitative estimate of drug-likeness (QED) is 0.795. The van der Waals surface area contributed by atoms with Gasteiger partial charge in [0.25, 0.3) is 0 Å². The Balaban J connectivity index is 1.85. The van der Waals surface area contributed by atoms with Gasteiger partial charge in [0, 0.05) is 17.0 Å². The highest BCUT2D eigenvalue weighted by atomic mass is 32.1. The number of fused-ring (bicyclic) bond motifs is 1. The Morgan fingerprint density at radius 2 is 1.95 bits per heavy atom. The van der Waals surface area contributed by atoms with E-state index in [0.717, 1.165) is 12.1 Å². The molecule has 0 saturated heterocycles. The molecule has 102 valence electrons. The number of hydrogen-bond acceptors (Lipinski definition) is 4. The van der Waals surface area contributed by atoms with E-state index >= 15 is 0 Å². The molecule has 0 amide bonds. The summed E-state index contributed by atoms with van der Waals surface area (Å²) >= 11 is 1.66. The number of thiophene rings is 1. The van der Waals surface area contributed by atoms with Crippen molar-refractivity contribution in [1.29, 1.82) is 0 Å². The van der Waals surface area contributed by atoms with Crippen molar-refractivity contribution in [2.75, 3.05) is 5.32 Å². The Morgan fingerprint density at radius 3 is 2.65 bits per heavy atom. The van der Waals surface area contributed by atoms with Crippen molar-refractivity contribution in [3.63, 3.8) is 0 Å². The van der Waals surface area contributed by atoms with Crippen molar-refractivity contribution in [3.8, 4) is 0 Å². The first-order valence-corrected chi connectivity index (χ1v) is 6.90. The minimum atomic E-state index is -0.918. The molecule has 20 heavy (non-hydrogen) atoms. The molecule has 2 heterocycles. The summed E-state index contributed by atoms with van der Waals surface area (Å²) in [5.74, 6) is -1.30.